The SMILES string of the molecule is CC(C)C[C@@H](C=O)N(C(=O)c1csc(N(CC(C)C)C2CCC2)n1)C(=O)c1cc2cc(F)ccc2n1C(=O)NN. The van der Waals surface area contributed by atoms with Crippen LogP contribution in [0.15, 0.2) is 29.6 Å². The molecule has 1 fully saturated rings. The number of fused-ring (bicyclic) bond motifs is 1. The van der Waals surface area contributed by atoms with E-state index in [0.717, 1.165) is 41.3 Å². The number of nitrogen functional groups attached to an aromatic ring is 1. The van der Waals surface area contributed by atoms with Crippen molar-refractivity contribution < 1.29 is 23.6 Å². The van der Waals surface area contributed by atoms with Gasteiger partial charge in [-0.1, -0.05) is 27.7 Å². The molecule has 0 bridgehead atoms. The van der Waals surface area contributed by atoms with Crippen LogP contribution in [0.5, 0.6) is 0 Å². The molecule has 0 radical (unpaired) electrons. The van der Waals surface area contributed by atoms with Gasteiger partial charge < -0.3 is 9.69 Å². The smallest absolute Gasteiger partial charge is 0.340 e. The van der Waals surface area contributed by atoms with E-state index < -0.39 is 29.7 Å². The third kappa shape index (κ3) is 5.92. The number of hydrazine groups is 1. The number of hydrogen-bond donors (Lipinski definition) is 2. The van der Waals surface area contributed by atoms with Gasteiger partial charge in [0.05, 0.1) is 11.6 Å². The fourth-order valence-corrected chi connectivity index (χ4v) is 5.82. The van der Waals surface area contributed by atoms with E-state index in [1.807, 2.05) is 19.3 Å². The molecule has 1 aliphatic carbocycles. The highest BCUT2D eigenvalue weighted by atomic mass is 32.1. The maximum absolute atomic E-state index is 14.1. The van der Waals surface area contributed by atoms with Crippen molar-refractivity contribution in [2.45, 2.75) is 65.5 Å². The summed E-state index contributed by atoms with van der Waals surface area (Å²) in [6.07, 6.45) is 4.01. The highest BCUT2D eigenvalue weighted by molar-refractivity contribution is 7.14. The second-order valence-corrected chi connectivity index (χ2v) is 11.8. The van der Waals surface area contributed by atoms with Crippen LogP contribution in [0.3, 0.4) is 0 Å². The number of amides is 3. The predicted octanol–water partition coefficient (Wildman–Crippen LogP) is 4.58. The van der Waals surface area contributed by atoms with Crippen LogP contribution >= 0.6 is 11.3 Å². The Morgan fingerprint density at radius 2 is 1.90 bits per heavy atom. The first-order valence-electron chi connectivity index (χ1n) is 13.4. The summed E-state index contributed by atoms with van der Waals surface area (Å²) in [6.45, 7) is 8.76. The molecule has 12 heteroatoms. The van der Waals surface area contributed by atoms with Crippen LogP contribution in [0.2, 0.25) is 0 Å². The highest BCUT2D eigenvalue weighted by Crippen LogP contribution is 2.33. The molecule has 40 heavy (non-hydrogen) atoms. The summed E-state index contributed by atoms with van der Waals surface area (Å²) >= 11 is 1.32. The summed E-state index contributed by atoms with van der Waals surface area (Å²) in [4.78, 5) is 60.7. The quantitative estimate of drug-likeness (QED) is 0.120. The first-order valence-corrected chi connectivity index (χ1v) is 14.3. The number of aromatic nitrogens is 2. The second-order valence-electron chi connectivity index (χ2n) is 11.0. The number of anilines is 1. The number of halogens is 1. The van der Waals surface area contributed by atoms with Crippen molar-refractivity contribution in [1.29, 1.82) is 0 Å². The number of carbonyl (C=O) groups excluding carboxylic acids is 4. The number of hydrogen-bond acceptors (Lipinski definition) is 8. The predicted molar refractivity (Wildman–Crippen MR) is 152 cm³/mol. The molecule has 1 atom stereocenters. The number of aldehydes is 1. The molecule has 0 spiro atoms. The van der Waals surface area contributed by atoms with E-state index in [2.05, 4.69) is 23.7 Å². The van der Waals surface area contributed by atoms with Gasteiger partial charge in [0.15, 0.2) is 5.13 Å². The topological polar surface area (TPSA) is 131 Å². The lowest BCUT2D eigenvalue weighted by Crippen LogP contribution is -2.48. The summed E-state index contributed by atoms with van der Waals surface area (Å²) in [6, 6.07) is 3.33. The molecule has 3 N–H and O–H groups in total. The summed E-state index contributed by atoms with van der Waals surface area (Å²) in [5.41, 5.74) is 2.00. The van der Waals surface area contributed by atoms with Gasteiger partial charge in [-0.2, -0.15) is 0 Å². The Morgan fingerprint density at radius 3 is 2.48 bits per heavy atom. The van der Waals surface area contributed by atoms with Gasteiger partial charge in [-0.15, -0.1) is 11.3 Å². The monoisotopic (exact) mass is 570 g/mol. The number of imide groups is 1. The number of carbonyl (C=O) groups is 4. The molecule has 1 aliphatic rings. The van der Waals surface area contributed by atoms with E-state index in [4.69, 9.17) is 5.84 Å². The highest BCUT2D eigenvalue weighted by Gasteiger charge is 2.36. The number of thiazole rings is 1. The van der Waals surface area contributed by atoms with Gasteiger partial charge in [0.25, 0.3) is 11.8 Å². The molecule has 1 aromatic carbocycles. The molecule has 10 nitrogen and oxygen atoms in total. The summed E-state index contributed by atoms with van der Waals surface area (Å²) in [5, 5.41) is 2.54. The second kappa shape index (κ2) is 12.3. The Bertz CT molecular complexity index is 1410. The van der Waals surface area contributed by atoms with E-state index in [-0.39, 0.29) is 34.6 Å². The Balaban J connectivity index is 1.78. The maximum atomic E-state index is 14.1. The lowest BCUT2D eigenvalue weighted by molar-refractivity contribution is -0.111. The van der Waals surface area contributed by atoms with Gasteiger partial charge in [0.2, 0.25) is 0 Å². The lowest BCUT2D eigenvalue weighted by Gasteiger charge is -2.38. The molecule has 0 aliphatic heterocycles. The Hall–Kier alpha value is -3.64. The molecule has 214 valence electrons. The average Bonchev–Trinajstić information content (AvgIpc) is 3.50. The Labute approximate surface area is 236 Å². The van der Waals surface area contributed by atoms with Crippen LogP contribution < -0.4 is 16.2 Å². The van der Waals surface area contributed by atoms with Crippen molar-refractivity contribution in [3.63, 3.8) is 0 Å². The van der Waals surface area contributed by atoms with Gasteiger partial charge in [-0.3, -0.25) is 24.5 Å². The third-order valence-electron chi connectivity index (χ3n) is 6.98. The first-order chi connectivity index (χ1) is 19.0. The van der Waals surface area contributed by atoms with Gasteiger partial charge in [-0.05, 0) is 61.8 Å². The fourth-order valence-electron chi connectivity index (χ4n) is 4.94. The van der Waals surface area contributed by atoms with Gasteiger partial charge in [-0.25, -0.2) is 20.0 Å². The molecule has 2 heterocycles. The van der Waals surface area contributed by atoms with Crippen LogP contribution in [0, 0.1) is 17.7 Å². The molecule has 0 unspecified atom stereocenters. The molecule has 2 aromatic heterocycles. The van der Waals surface area contributed by atoms with E-state index in [1.165, 1.54) is 29.5 Å². The van der Waals surface area contributed by atoms with Crippen LogP contribution in [0.4, 0.5) is 14.3 Å². The summed E-state index contributed by atoms with van der Waals surface area (Å²) in [5.74, 6) is 3.52. The van der Waals surface area contributed by atoms with Crippen LogP contribution in [-0.4, -0.2) is 57.2 Å². The Kier molecular flexibility index (Phi) is 8.99. The number of rotatable bonds is 10. The first kappa shape index (κ1) is 29.3. The van der Waals surface area contributed by atoms with Gasteiger partial charge in [0, 0.05) is 23.4 Å². The number of nitrogens with one attached hydrogen (secondary N) is 1. The molecule has 0 saturated heterocycles. The minimum absolute atomic E-state index is 0.0308. The third-order valence-corrected chi connectivity index (χ3v) is 7.86. The van der Waals surface area contributed by atoms with E-state index in [0.29, 0.717) is 23.4 Å². The zero-order chi connectivity index (χ0) is 29.1. The molecule has 3 amide bonds. The van der Waals surface area contributed by atoms with Crippen molar-refractivity contribution >= 4 is 51.5 Å². The van der Waals surface area contributed by atoms with Crippen LogP contribution in [0.1, 0.15) is 74.4 Å². The van der Waals surface area contributed by atoms with Crippen molar-refractivity contribution in [2.24, 2.45) is 17.7 Å². The summed E-state index contributed by atoms with van der Waals surface area (Å²) < 4.78 is 15.0. The molecular formula is C28H35FN6O4S. The number of benzene rings is 1. The van der Waals surface area contributed by atoms with Gasteiger partial charge >= 0.3 is 6.03 Å². The average molecular weight is 571 g/mol. The fraction of sp³-hybridized carbons (Fsp3) is 0.464. The van der Waals surface area contributed by atoms with E-state index >= 15 is 0 Å². The van der Waals surface area contributed by atoms with Gasteiger partial charge in [0.1, 0.15) is 23.5 Å². The zero-order valence-corrected chi connectivity index (χ0v) is 23.9. The van der Waals surface area contributed by atoms with Crippen LogP contribution in [-0.2, 0) is 4.79 Å². The van der Waals surface area contributed by atoms with Crippen LogP contribution in [0.25, 0.3) is 10.9 Å². The Morgan fingerprint density at radius 1 is 1.18 bits per heavy atom. The lowest BCUT2D eigenvalue weighted by atomic mass is 9.91. The minimum atomic E-state index is -1.12. The molecule has 1 saturated carbocycles. The largest absolute Gasteiger partial charge is 0.345 e. The zero-order valence-electron chi connectivity index (χ0n) is 23.1. The standard InChI is InChI=1S/C28H35FN6O4S/c1-16(2)10-21(14-36)34(25(37)22-15-40-28(31-22)33(13-17(3)4)20-6-5-7-20)26(38)24-12-18-11-19(29)8-9-23(18)35(24)27(39)32-30/h8-9,11-12,14-17,20-21H,5-7,10,13,30H2,1-4H3,(H,32,39)/t21-/m0/s1. The molecular weight excluding hydrogens is 535 g/mol. The number of nitrogens with zero attached hydrogens (tertiary/aromatic N) is 4. The normalized spacial score (nSPS) is 14.3. The van der Waals surface area contributed by atoms with Crippen molar-refractivity contribution in [1.82, 2.24) is 19.9 Å². The molecule has 4 rings (SSSR count). The minimum Gasteiger partial charge on any atom is -0.345 e. The van der Waals surface area contributed by atoms with Crippen molar-refractivity contribution in [3.8, 4) is 0 Å². The van der Waals surface area contributed by atoms with E-state index in [9.17, 15) is 23.6 Å². The van der Waals surface area contributed by atoms with Crippen molar-refractivity contribution in [2.75, 3.05) is 11.4 Å². The summed E-state index contributed by atoms with van der Waals surface area (Å²) in [7, 11) is 0. The number of nitrogens with two attached hydrogens (primary N) is 1. The van der Waals surface area contributed by atoms with E-state index in [1.54, 1.807) is 5.38 Å². The molecule has 3 aromatic rings. The van der Waals surface area contributed by atoms with Crippen molar-refractivity contribution in [3.05, 3.63) is 46.9 Å². The maximum Gasteiger partial charge on any atom is 0.340 e.